The zero-order valence-electron chi connectivity index (χ0n) is 17.0. The number of fused-ring (bicyclic) bond motifs is 1. The molecule has 0 fully saturated rings. The Kier molecular flexibility index (Phi) is 6.26. The van der Waals surface area contributed by atoms with Crippen LogP contribution in [0.3, 0.4) is 0 Å². The number of carbonyl (C=O) groups excluding carboxylic acids is 2. The Labute approximate surface area is 197 Å². The minimum Gasteiger partial charge on any atom is -0.453 e. The van der Waals surface area contributed by atoms with Crippen molar-refractivity contribution in [3.05, 3.63) is 104 Å². The standard InChI is InChI=1S/C25H17BrClNO4/c1-28-23(25(31)32-14-21(29)15-6-10-17(26)11-7-15)22(16-8-12-18(27)13-9-16)19-4-2-3-5-20(19)24(28)30/h2-13H,14H2,1H3. The molecular formula is C25H17BrClNO4. The number of hydrogen-bond acceptors (Lipinski definition) is 4. The fraction of sp³-hybridized carbons (Fsp3) is 0.0800. The van der Waals surface area contributed by atoms with Crippen molar-refractivity contribution in [3.63, 3.8) is 0 Å². The van der Waals surface area contributed by atoms with Gasteiger partial charge in [0.1, 0.15) is 5.69 Å². The summed E-state index contributed by atoms with van der Waals surface area (Å²) in [7, 11) is 1.52. The molecule has 5 nitrogen and oxygen atoms in total. The van der Waals surface area contributed by atoms with Gasteiger partial charge in [0.25, 0.3) is 5.56 Å². The first-order chi connectivity index (χ1) is 15.4. The Balaban J connectivity index is 1.78. The summed E-state index contributed by atoms with van der Waals surface area (Å²) in [4.78, 5) is 38.6. The largest absolute Gasteiger partial charge is 0.453 e. The SMILES string of the molecule is Cn1c(C(=O)OCC(=O)c2ccc(Br)cc2)c(-c2ccc(Cl)cc2)c2ccccc2c1=O. The van der Waals surface area contributed by atoms with Crippen LogP contribution in [0.15, 0.2) is 82.1 Å². The number of ether oxygens (including phenoxy) is 1. The van der Waals surface area contributed by atoms with E-state index in [1.165, 1.54) is 11.6 Å². The van der Waals surface area contributed by atoms with Crippen LogP contribution in [0.5, 0.6) is 0 Å². The Morgan fingerprint density at radius 2 is 1.56 bits per heavy atom. The summed E-state index contributed by atoms with van der Waals surface area (Å²) >= 11 is 9.36. The highest BCUT2D eigenvalue weighted by atomic mass is 79.9. The molecule has 0 aliphatic heterocycles. The van der Waals surface area contributed by atoms with Crippen LogP contribution in [0.4, 0.5) is 0 Å². The van der Waals surface area contributed by atoms with Crippen molar-refractivity contribution in [2.45, 2.75) is 0 Å². The van der Waals surface area contributed by atoms with Crippen LogP contribution >= 0.6 is 27.5 Å². The van der Waals surface area contributed by atoms with E-state index in [9.17, 15) is 14.4 Å². The van der Waals surface area contributed by atoms with Crippen LogP contribution in [-0.2, 0) is 11.8 Å². The Hall–Kier alpha value is -3.22. The van der Waals surface area contributed by atoms with Crippen molar-refractivity contribution >= 4 is 50.1 Å². The highest BCUT2D eigenvalue weighted by Gasteiger charge is 2.23. The summed E-state index contributed by atoms with van der Waals surface area (Å²) in [6, 6.07) is 20.8. The van der Waals surface area contributed by atoms with Gasteiger partial charge in [0.05, 0.1) is 0 Å². The number of nitrogens with zero attached hydrogens (tertiary/aromatic N) is 1. The van der Waals surface area contributed by atoms with Crippen LogP contribution in [-0.4, -0.2) is 22.9 Å². The number of esters is 1. The van der Waals surface area contributed by atoms with Gasteiger partial charge in [-0.05, 0) is 41.3 Å². The molecule has 3 aromatic carbocycles. The molecule has 0 unspecified atom stereocenters. The van der Waals surface area contributed by atoms with Gasteiger partial charge in [-0.2, -0.15) is 0 Å². The molecule has 0 saturated carbocycles. The number of ketones is 1. The van der Waals surface area contributed by atoms with Gasteiger partial charge < -0.3 is 9.30 Å². The zero-order valence-corrected chi connectivity index (χ0v) is 19.3. The van der Waals surface area contributed by atoms with E-state index < -0.39 is 12.6 Å². The molecule has 32 heavy (non-hydrogen) atoms. The van der Waals surface area contributed by atoms with E-state index in [4.69, 9.17) is 16.3 Å². The van der Waals surface area contributed by atoms with Gasteiger partial charge in [-0.15, -0.1) is 0 Å². The molecule has 0 aliphatic rings. The zero-order chi connectivity index (χ0) is 22.8. The molecule has 1 aromatic heterocycles. The molecule has 0 aliphatic carbocycles. The van der Waals surface area contributed by atoms with Crippen LogP contribution in [0.1, 0.15) is 20.8 Å². The fourth-order valence-corrected chi connectivity index (χ4v) is 3.92. The molecule has 0 N–H and O–H groups in total. The molecular weight excluding hydrogens is 494 g/mol. The monoisotopic (exact) mass is 509 g/mol. The van der Waals surface area contributed by atoms with Crippen molar-refractivity contribution < 1.29 is 14.3 Å². The first kappa shape index (κ1) is 22.0. The average molecular weight is 511 g/mol. The quantitative estimate of drug-likeness (QED) is 0.257. The molecule has 0 radical (unpaired) electrons. The second-order valence-electron chi connectivity index (χ2n) is 7.15. The van der Waals surface area contributed by atoms with Crippen molar-refractivity contribution in [1.29, 1.82) is 0 Å². The third-order valence-corrected chi connectivity index (χ3v) is 5.91. The molecule has 4 aromatic rings. The summed E-state index contributed by atoms with van der Waals surface area (Å²) in [5.74, 6) is -1.10. The van der Waals surface area contributed by atoms with Gasteiger partial charge in [0.2, 0.25) is 0 Å². The summed E-state index contributed by atoms with van der Waals surface area (Å²) in [5.41, 5.74) is 1.41. The molecule has 0 bridgehead atoms. The third kappa shape index (κ3) is 4.24. The lowest BCUT2D eigenvalue weighted by atomic mass is 9.97. The molecule has 4 rings (SSSR count). The van der Waals surface area contributed by atoms with Crippen LogP contribution < -0.4 is 5.56 Å². The van der Waals surface area contributed by atoms with E-state index in [2.05, 4.69) is 15.9 Å². The van der Waals surface area contributed by atoms with E-state index in [0.29, 0.717) is 32.5 Å². The molecule has 0 atom stereocenters. The molecule has 7 heteroatoms. The molecule has 0 saturated heterocycles. The first-order valence-corrected chi connectivity index (χ1v) is 10.9. The Morgan fingerprint density at radius 3 is 2.22 bits per heavy atom. The summed E-state index contributed by atoms with van der Waals surface area (Å²) < 4.78 is 7.46. The van der Waals surface area contributed by atoms with Crippen molar-refractivity contribution in [1.82, 2.24) is 4.57 Å². The Bertz CT molecular complexity index is 1390. The summed E-state index contributed by atoms with van der Waals surface area (Å²) in [5, 5.41) is 1.64. The Morgan fingerprint density at radius 1 is 0.938 bits per heavy atom. The highest BCUT2D eigenvalue weighted by Crippen LogP contribution is 2.31. The van der Waals surface area contributed by atoms with Gasteiger partial charge in [-0.1, -0.05) is 70.0 Å². The lowest BCUT2D eigenvalue weighted by Crippen LogP contribution is -2.27. The molecule has 160 valence electrons. The maximum Gasteiger partial charge on any atom is 0.356 e. The number of rotatable bonds is 5. The number of halogens is 2. The second kappa shape index (κ2) is 9.10. The van der Waals surface area contributed by atoms with E-state index in [-0.39, 0.29) is 17.0 Å². The van der Waals surface area contributed by atoms with Crippen molar-refractivity contribution in [3.8, 4) is 11.1 Å². The van der Waals surface area contributed by atoms with Gasteiger partial charge in [-0.3, -0.25) is 9.59 Å². The highest BCUT2D eigenvalue weighted by molar-refractivity contribution is 9.10. The normalized spacial score (nSPS) is 10.8. The van der Waals surface area contributed by atoms with Crippen LogP contribution in [0.25, 0.3) is 21.9 Å². The summed E-state index contributed by atoms with van der Waals surface area (Å²) in [6.07, 6.45) is 0. The van der Waals surface area contributed by atoms with Gasteiger partial charge in [-0.25, -0.2) is 4.79 Å². The van der Waals surface area contributed by atoms with Gasteiger partial charge in [0.15, 0.2) is 12.4 Å². The second-order valence-corrected chi connectivity index (χ2v) is 8.50. The van der Waals surface area contributed by atoms with Crippen molar-refractivity contribution in [2.75, 3.05) is 6.61 Å². The number of benzene rings is 3. The predicted molar refractivity (Wildman–Crippen MR) is 128 cm³/mol. The molecule has 0 spiro atoms. The third-order valence-electron chi connectivity index (χ3n) is 5.13. The first-order valence-electron chi connectivity index (χ1n) is 9.70. The maximum absolute atomic E-state index is 13.1. The fourth-order valence-electron chi connectivity index (χ4n) is 3.53. The van der Waals surface area contributed by atoms with E-state index in [1.54, 1.807) is 72.8 Å². The number of aromatic nitrogens is 1. The van der Waals surface area contributed by atoms with Gasteiger partial charge in [0, 0.05) is 33.1 Å². The van der Waals surface area contributed by atoms with Crippen molar-refractivity contribution in [2.24, 2.45) is 7.05 Å². The topological polar surface area (TPSA) is 65.4 Å². The number of carbonyl (C=O) groups is 2. The van der Waals surface area contributed by atoms with E-state index in [1.807, 2.05) is 0 Å². The van der Waals surface area contributed by atoms with Gasteiger partial charge >= 0.3 is 5.97 Å². The molecule has 0 amide bonds. The van der Waals surface area contributed by atoms with E-state index >= 15 is 0 Å². The molecule has 1 heterocycles. The minimum absolute atomic E-state index is 0.0691. The van der Waals surface area contributed by atoms with E-state index in [0.717, 1.165) is 4.47 Å². The predicted octanol–water partition coefficient (Wildman–Crippen LogP) is 5.66. The lowest BCUT2D eigenvalue weighted by molar-refractivity contribution is 0.0465. The maximum atomic E-state index is 13.1. The van der Waals surface area contributed by atoms with Crippen LogP contribution in [0.2, 0.25) is 5.02 Å². The summed E-state index contributed by atoms with van der Waals surface area (Å²) in [6.45, 7) is -0.443. The minimum atomic E-state index is -0.759. The number of hydrogen-bond donors (Lipinski definition) is 0. The number of pyridine rings is 1. The smallest absolute Gasteiger partial charge is 0.356 e. The van der Waals surface area contributed by atoms with Crippen LogP contribution in [0, 0.1) is 0 Å². The number of Topliss-reactive ketones (excluding diaryl/α,β-unsaturated/α-hetero) is 1. The lowest BCUT2D eigenvalue weighted by Gasteiger charge is -2.16. The average Bonchev–Trinajstić information content (AvgIpc) is 2.80.